The van der Waals surface area contributed by atoms with Crippen LogP contribution in [0.1, 0.15) is 63.7 Å². The first kappa shape index (κ1) is 29.0. The number of aliphatic carboxylic acids is 1. The van der Waals surface area contributed by atoms with Crippen molar-refractivity contribution < 1.29 is 24.6 Å². The highest BCUT2D eigenvalue weighted by Gasteiger charge is 2.30. The first-order valence-corrected chi connectivity index (χ1v) is 13.2. The lowest BCUT2D eigenvalue weighted by Crippen LogP contribution is -2.43. The molecule has 1 aliphatic heterocycles. The summed E-state index contributed by atoms with van der Waals surface area (Å²) in [6, 6.07) is 11.9. The van der Waals surface area contributed by atoms with E-state index in [9.17, 15) is 24.6 Å². The Morgan fingerprint density at radius 2 is 1.78 bits per heavy atom. The number of nitrogens with zero attached hydrogens (tertiary/aromatic N) is 2. The highest BCUT2D eigenvalue weighted by Crippen LogP contribution is 2.37. The summed E-state index contributed by atoms with van der Waals surface area (Å²) < 4.78 is 0. The van der Waals surface area contributed by atoms with Crippen molar-refractivity contribution in [3.8, 4) is 0 Å². The molecule has 0 radical (unpaired) electrons. The first-order valence-electron chi connectivity index (χ1n) is 12.4. The Morgan fingerprint density at radius 3 is 2.43 bits per heavy atom. The molecule has 37 heavy (non-hydrogen) atoms. The zero-order valence-corrected chi connectivity index (χ0v) is 22.9. The number of likely N-dealkylation sites (tertiary alicyclic amines) is 1. The fourth-order valence-corrected chi connectivity index (χ4v) is 4.97. The monoisotopic (exact) mass is 548 g/mol. The van der Waals surface area contributed by atoms with E-state index in [1.807, 2.05) is 20.8 Å². The van der Waals surface area contributed by atoms with Crippen molar-refractivity contribution in [2.75, 3.05) is 24.5 Å². The lowest BCUT2D eigenvalue weighted by Gasteiger charge is -2.33. The van der Waals surface area contributed by atoms with E-state index in [2.05, 4.69) is 0 Å². The molecule has 2 N–H and O–H groups in total. The number of aliphatic hydroxyl groups is 1. The maximum atomic E-state index is 13.6. The number of amides is 2. The Kier molecular flexibility index (Phi) is 9.62. The van der Waals surface area contributed by atoms with Gasteiger partial charge in [0.2, 0.25) is 11.8 Å². The van der Waals surface area contributed by atoms with Crippen molar-refractivity contribution in [3.05, 3.63) is 63.6 Å². The van der Waals surface area contributed by atoms with Gasteiger partial charge in [-0.2, -0.15) is 0 Å². The third-order valence-electron chi connectivity index (χ3n) is 6.38. The average molecular weight is 549 g/mol. The SMILES string of the molecule is CC(C)(C)CN(C(=O)CCC(=O)N1CCC[C@H](C(=O)O)C1)c1ccc(Cl)cc1[C@H](O)c1ccccc1Cl. The second kappa shape index (κ2) is 12.3. The highest BCUT2D eigenvalue weighted by atomic mass is 35.5. The zero-order chi connectivity index (χ0) is 27.3. The zero-order valence-electron chi connectivity index (χ0n) is 21.4. The largest absolute Gasteiger partial charge is 0.481 e. The molecule has 0 spiro atoms. The standard InChI is InChI=1S/C28H34Cl2N2O5/c1-28(2,3)17-32(25(34)13-12-24(33)31-14-6-7-18(16-31)27(36)37)23-11-10-19(29)15-21(23)26(35)20-8-4-5-9-22(20)30/h4-5,8-11,15,18,26,35H,6-7,12-14,16-17H2,1-3H3,(H,36,37)/t18-,26+/m0/s1. The van der Waals surface area contributed by atoms with Crippen molar-refractivity contribution in [2.45, 2.75) is 52.6 Å². The second-order valence-electron chi connectivity index (χ2n) is 10.7. The lowest BCUT2D eigenvalue weighted by molar-refractivity contribution is -0.146. The molecule has 2 amide bonds. The van der Waals surface area contributed by atoms with Crippen LogP contribution in [0.4, 0.5) is 5.69 Å². The summed E-state index contributed by atoms with van der Waals surface area (Å²) in [6.45, 7) is 7.00. The molecule has 9 heteroatoms. The van der Waals surface area contributed by atoms with E-state index in [4.69, 9.17) is 23.2 Å². The highest BCUT2D eigenvalue weighted by molar-refractivity contribution is 6.31. The Bertz CT molecular complexity index is 1150. The predicted octanol–water partition coefficient (Wildman–Crippen LogP) is 5.56. The van der Waals surface area contributed by atoms with Gasteiger partial charge < -0.3 is 20.0 Å². The van der Waals surface area contributed by atoms with Gasteiger partial charge in [0.1, 0.15) is 6.10 Å². The molecular formula is C28H34Cl2N2O5. The third-order valence-corrected chi connectivity index (χ3v) is 6.96. The molecule has 1 saturated heterocycles. The van der Waals surface area contributed by atoms with Gasteiger partial charge in [-0.25, -0.2) is 0 Å². The van der Waals surface area contributed by atoms with Gasteiger partial charge in [-0.05, 0) is 42.5 Å². The van der Waals surface area contributed by atoms with Crippen LogP contribution < -0.4 is 4.90 Å². The number of rotatable bonds is 8. The van der Waals surface area contributed by atoms with Crippen LogP contribution in [0.3, 0.4) is 0 Å². The number of halogens is 2. The molecule has 7 nitrogen and oxygen atoms in total. The van der Waals surface area contributed by atoms with Gasteiger partial charge in [0, 0.05) is 59.3 Å². The van der Waals surface area contributed by atoms with Crippen LogP contribution in [0, 0.1) is 11.3 Å². The molecule has 0 bridgehead atoms. The normalized spacial score (nSPS) is 16.8. The summed E-state index contributed by atoms with van der Waals surface area (Å²) in [5, 5.41) is 21.4. The number of piperidine rings is 1. The number of anilines is 1. The number of carboxylic acids is 1. The smallest absolute Gasteiger partial charge is 0.308 e. The number of carbonyl (C=O) groups excluding carboxylic acids is 2. The van der Waals surface area contributed by atoms with E-state index >= 15 is 0 Å². The first-order chi connectivity index (χ1) is 17.4. The molecule has 3 rings (SSSR count). The van der Waals surface area contributed by atoms with Crippen molar-refractivity contribution in [2.24, 2.45) is 11.3 Å². The number of carbonyl (C=O) groups is 3. The number of hydrogen-bond acceptors (Lipinski definition) is 4. The van der Waals surface area contributed by atoms with Crippen molar-refractivity contribution in [3.63, 3.8) is 0 Å². The Labute approximate surface area is 228 Å². The summed E-state index contributed by atoms with van der Waals surface area (Å²) in [5.74, 6) is -1.99. The van der Waals surface area contributed by atoms with Gasteiger partial charge in [0.25, 0.3) is 0 Å². The van der Waals surface area contributed by atoms with Gasteiger partial charge >= 0.3 is 5.97 Å². The molecule has 0 saturated carbocycles. The molecule has 1 fully saturated rings. The topological polar surface area (TPSA) is 98.2 Å². The number of benzene rings is 2. The van der Waals surface area contributed by atoms with Crippen LogP contribution in [-0.2, 0) is 14.4 Å². The number of carboxylic acid groups (broad SMARTS) is 1. The fraction of sp³-hybridized carbons (Fsp3) is 0.464. The van der Waals surface area contributed by atoms with Crippen LogP contribution in [-0.4, -0.2) is 52.5 Å². The summed E-state index contributed by atoms with van der Waals surface area (Å²) in [4.78, 5) is 40.9. The maximum absolute atomic E-state index is 13.6. The van der Waals surface area contributed by atoms with Crippen LogP contribution in [0.15, 0.2) is 42.5 Å². The van der Waals surface area contributed by atoms with E-state index in [-0.39, 0.29) is 36.6 Å². The molecule has 1 heterocycles. The third kappa shape index (κ3) is 7.69. The van der Waals surface area contributed by atoms with E-state index in [0.717, 1.165) is 0 Å². The Hall–Kier alpha value is -2.61. The molecular weight excluding hydrogens is 515 g/mol. The lowest BCUT2D eigenvalue weighted by atomic mass is 9.93. The summed E-state index contributed by atoms with van der Waals surface area (Å²) in [7, 11) is 0. The van der Waals surface area contributed by atoms with Gasteiger partial charge in [0.15, 0.2) is 0 Å². The molecule has 0 aromatic heterocycles. The minimum Gasteiger partial charge on any atom is -0.481 e. The number of aliphatic hydroxyl groups excluding tert-OH is 1. The average Bonchev–Trinajstić information content (AvgIpc) is 2.85. The molecule has 1 aliphatic rings. The quantitative estimate of drug-likeness (QED) is 0.450. The molecule has 2 atom stereocenters. The molecule has 0 unspecified atom stereocenters. The van der Waals surface area contributed by atoms with Gasteiger partial charge in [-0.1, -0.05) is 62.2 Å². The summed E-state index contributed by atoms with van der Waals surface area (Å²) in [6.07, 6.45) is -0.0266. The van der Waals surface area contributed by atoms with Gasteiger partial charge in [0.05, 0.1) is 5.92 Å². The summed E-state index contributed by atoms with van der Waals surface area (Å²) >= 11 is 12.6. The van der Waals surface area contributed by atoms with Crippen molar-refractivity contribution >= 4 is 46.7 Å². The van der Waals surface area contributed by atoms with Gasteiger partial charge in [-0.15, -0.1) is 0 Å². The van der Waals surface area contributed by atoms with E-state index in [0.29, 0.717) is 52.8 Å². The predicted molar refractivity (Wildman–Crippen MR) is 145 cm³/mol. The molecule has 0 aliphatic carbocycles. The van der Waals surface area contributed by atoms with Gasteiger partial charge in [-0.3, -0.25) is 14.4 Å². The van der Waals surface area contributed by atoms with Crippen LogP contribution in [0.25, 0.3) is 0 Å². The van der Waals surface area contributed by atoms with E-state index < -0.39 is 18.0 Å². The van der Waals surface area contributed by atoms with E-state index in [1.165, 1.54) is 0 Å². The molecule has 2 aromatic rings. The van der Waals surface area contributed by atoms with Crippen LogP contribution >= 0.6 is 23.2 Å². The minimum atomic E-state index is -1.12. The maximum Gasteiger partial charge on any atom is 0.308 e. The molecule has 200 valence electrons. The van der Waals surface area contributed by atoms with E-state index in [1.54, 1.807) is 52.3 Å². The number of hydrogen-bond donors (Lipinski definition) is 2. The van der Waals surface area contributed by atoms with Crippen molar-refractivity contribution in [1.29, 1.82) is 0 Å². The minimum absolute atomic E-state index is 0.0260. The Balaban J connectivity index is 1.86. The van der Waals surface area contributed by atoms with Crippen LogP contribution in [0.2, 0.25) is 10.0 Å². The Morgan fingerprint density at radius 1 is 1.08 bits per heavy atom. The molecule has 2 aromatic carbocycles. The van der Waals surface area contributed by atoms with Crippen LogP contribution in [0.5, 0.6) is 0 Å². The van der Waals surface area contributed by atoms with Crippen molar-refractivity contribution in [1.82, 2.24) is 4.90 Å². The summed E-state index contributed by atoms with van der Waals surface area (Å²) in [5.41, 5.74) is 1.13. The second-order valence-corrected chi connectivity index (χ2v) is 11.5. The fourth-order valence-electron chi connectivity index (χ4n) is 4.55.